The largest absolute Gasteiger partial charge is 0.379 e. The van der Waals surface area contributed by atoms with Gasteiger partial charge in [0, 0.05) is 52.6 Å². The first-order chi connectivity index (χ1) is 24.9. The summed E-state index contributed by atoms with van der Waals surface area (Å²) in [6.45, 7) is 14.0. The van der Waals surface area contributed by atoms with Crippen molar-refractivity contribution in [3.05, 3.63) is 65.8 Å². The standard InChI is InChI=1S/C39H56N4O8.2H2/c1-4-10-35-30-43(36-13-7-6-12-34(36)16-15-33(35)5-2)38(45)14-9-20-51-31-40-18-22-48-24-26-50-28-27-49-25-23-47-21-17-37(44)41-29-39(46)42-19-8-11-32(42)3;;/h4-7,10,12-13,32,40H,2,8-9,11,14,17-31H2,1,3H3,(H,41,44);2*1H/b10-4-,35-33-;;. The van der Waals surface area contributed by atoms with Crippen molar-refractivity contribution in [1.82, 2.24) is 15.5 Å². The Balaban J connectivity index is 0.00000702. The number of anilines is 1. The smallest absolute Gasteiger partial charge is 0.242 e. The van der Waals surface area contributed by atoms with E-state index in [2.05, 4.69) is 29.1 Å². The average Bonchev–Trinajstić information content (AvgIpc) is 3.57. The van der Waals surface area contributed by atoms with Crippen molar-refractivity contribution in [2.75, 3.05) is 97.3 Å². The van der Waals surface area contributed by atoms with Crippen LogP contribution in [0.4, 0.5) is 5.69 Å². The summed E-state index contributed by atoms with van der Waals surface area (Å²) in [5.74, 6) is 6.19. The van der Waals surface area contributed by atoms with Crippen LogP contribution in [0.3, 0.4) is 0 Å². The third-order valence-electron chi connectivity index (χ3n) is 8.28. The van der Waals surface area contributed by atoms with Gasteiger partial charge in [-0.25, -0.2) is 0 Å². The Morgan fingerprint density at radius 2 is 1.63 bits per heavy atom. The number of nitrogens with one attached hydrogen (secondary N) is 2. The summed E-state index contributed by atoms with van der Waals surface area (Å²) in [5, 5.41) is 5.84. The number of rotatable bonds is 25. The molecule has 51 heavy (non-hydrogen) atoms. The summed E-state index contributed by atoms with van der Waals surface area (Å²) in [6, 6.07) is 7.97. The van der Waals surface area contributed by atoms with Crippen molar-refractivity contribution in [3.63, 3.8) is 0 Å². The fraction of sp³-hybridized carbons (Fsp3) is 0.564. The van der Waals surface area contributed by atoms with Crippen LogP contribution in [-0.4, -0.2) is 121 Å². The number of para-hydroxylation sites is 1. The second-order valence-corrected chi connectivity index (χ2v) is 12.1. The lowest BCUT2D eigenvalue weighted by atomic mass is 10.0. The van der Waals surface area contributed by atoms with E-state index in [4.69, 9.17) is 23.7 Å². The Kier molecular flexibility index (Phi) is 20.5. The molecule has 0 aliphatic carbocycles. The Hall–Kier alpha value is -3.83. The molecule has 0 radical (unpaired) electrons. The summed E-state index contributed by atoms with van der Waals surface area (Å²) in [6.07, 6.45) is 8.89. The van der Waals surface area contributed by atoms with Gasteiger partial charge in [0.25, 0.3) is 0 Å². The van der Waals surface area contributed by atoms with E-state index < -0.39 is 0 Å². The van der Waals surface area contributed by atoms with Gasteiger partial charge < -0.3 is 38.8 Å². The summed E-state index contributed by atoms with van der Waals surface area (Å²) in [7, 11) is 0. The normalized spacial score (nSPS) is 17.1. The molecule has 1 aromatic carbocycles. The van der Waals surface area contributed by atoms with Gasteiger partial charge in [0.15, 0.2) is 0 Å². The van der Waals surface area contributed by atoms with E-state index in [1.54, 1.807) is 11.0 Å². The maximum absolute atomic E-state index is 13.3. The molecule has 1 fully saturated rings. The zero-order chi connectivity index (χ0) is 36.5. The molecule has 12 nitrogen and oxygen atoms in total. The number of hydrogen-bond acceptors (Lipinski definition) is 9. The second-order valence-electron chi connectivity index (χ2n) is 12.1. The molecule has 0 aromatic heterocycles. The van der Waals surface area contributed by atoms with Crippen LogP contribution in [-0.2, 0) is 38.1 Å². The zero-order valence-electron chi connectivity index (χ0n) is 30.4. The first kappa shape index (κ1) is 41.6. The van der Waals surface area contributed by atoms with Gasteiger partial charge in [0.2, 0.25) is 17.7 Å². The molecule has 0 spiro atoms. The maximum atomic E-state index is 13.3. The Labute approximate surface area is 306 Å². The summed E-state index contributed by atoms with van der Waals surface area (Å²) < 4.78 is 27.7. The molecule has 1 atom stereocenters. The lowest BCUT2D eigenvalue weighted by molar-refractivity contribution is -0.133. The minimum Gasteiger partial charge on any atom is -0.379 e. The van der Waals surface area contributed by atoms with E-state index in [9.17, 15) is 14.4 Å². The van der Waals surface area contributed by atoms with E-state index in [1.807, 2.05) is 55.2 Å². The van der Waals surface area contributed by atoms with Crippen LogP contribution in [0.1, 0.15) is 54.4 Å². The number of carbonyl (C=O) groups is 3. The highest BCUT2D eigenvalue weighted by atomic mass is 16.6. The van der Waals surface area contributed by atoms with Crippen LogP contribution in [0.25, 0.3) is 0 Å². The molecule has 2 N–H and O–H groups in total. The molecule has 2 heterocycles. The number of likely N-dealkylation sites (tertiary alicyclic amines) is 1. The predicted octanol–water partition coefficient (Wildman–Crippen LogP) is 3.86. The number of hydrogen-bond donors (Lipinski definition) is 2. The monoisotopic (exact) mass is 712 g/mol. The fourth-order valence-electron chi connectivity index (χ4n) is 5.53. The minimum atomic E-state index is -0.196. The van der Waals surface area contributed by atoms with Crippen molar-refractivity contribution in [3.8, 4) is 11.8 Å². The van der Waals surface area contributed by atoms with Gasteiger partial charge in [-0.3, -0.25) is 19.7 Å². The Morgan fingerprint density at radius 1 is 0.922 bits per heavy atom. The molecular formula is C39H60N4O8. The zero-order valence-corrected chi connectivity index (χ0v) is 30.4. The summed E-state index contributed by atoms with van der Waals surface area (Å²) in [4.78, 5) is 41.0. The van der Waals surface area contributed by atoms with E-state index >= 15 is 0 Å². The summed E-state index contributed by atoms with van der Waals surface area (Å²) >= 11 is 0. The van der Waals surface area contributed by atoms with Crippen LogP contribution >= 0.6 is 0 Å². The topological polar surface area (TPSA) is 128 Å². The third-order valence-corrected chi connectivity index (χ3v) is 8.28. The Bertz CT molecular complexity index is 1380. The average molecular weight is 713 g/mol. The molecule has 12 heteroatoms. The van der Waals surface area contributed by atoms with Crippen LogP contribution in [0.5, 0.6) is 0 Å². The minimum absolute atomic E-state index is 0. The van der Waals surface area contributed by atoms with Crippen LogP contribution in [0.15, 0.2) is 60.2 Å². The van der Waals surface area contributed by atoms with Crippen molar-refractivity contribution in [2.24, 2.45) is 0 Å². The molecule has 284 valence electrons. The highest BCUT2D eigenvalue weighted by Crippen LogP contribution is 2.25. The molecule has 0 saturated carbocycles. The van der Waals surface area contributed by atoms with E-state index in [0.29, 0.717) is 85.5 Å². The second kappa shape index (κ2) is 25.2. The van der Waals surface area contributed by atoms with E-state index in [0.717, 1.165) is 41.8 Å². The molecule has 3 amide bonds. The molecule has 1 aromatic rings. The first-order valence-electron chi connectivity index (χ1n) is 18.0. The summed E-state index contributed by atoms with van der Waals surface area (Å²) in [5.41, 5.74) is 3.42. The highest BCUT2D eigenvalue weighted by Gasteiger charge is 2.25. The fourth-order valence-corrected chi connectivity index (χ4v) is 5.53. The highest BCUT2D eigenvalue weighted by molar-refractivity contribution is 5.95. The van der Waals surface area contributed by atoms with Crippen LogP contribution in [0.2, 0.25) is 0 Å². The number of fused-ring (bicyclic) bond motifs is 1. The molecule has 3 rings (SSSR count). The lowest BCUT2D eigenvalue weighted by Gasteiger charge is -2.26. The van der Waals surface area contributed by atoms with Gasteiger partial charge in [-0.15, -0.1) is 0 Å². The molecule has 0 bridgehead atoms. The predicted molar refractivity (Wildman–Crippen MR) is 201 cm³/mol. The number of allylic oxidation sites excluding steroid dienone is 3. The van der Waals surface area contributed by atoms with Crippen molar-refractivity contribution in [1.29, 1.82) is 0 Å². The van der Waals surface area contributed by atoms with Crippen molar-refractivity contribution >= 4 is 23.4 Å². The first-order valence-corrected chi connectivity index (χ1v) is 18.0. The van der Waals surface area contributed by atoms with Gasteiger partial charge in [-0.2, -0.15) is 0 Å². The molecule has 1 saturated heterocycles. The van der Waals surface area contributed by atoms with Gasteiger partial charge in [-0.1, -0.05) is 48.8 Å². The lowest BCUT2D eigenvalue weighted by Crippen LogP contribution is -2.41. The van der Waals surface area contributed by atoms with Crippen molar-refractivity contribution < 1.29 is 40.9 Å². The van der Waals surface area contributed by atoms with E-state index in [-0.39, 0.29) is 46.2 Å². The third kappa shape index (κ3) is 15.9. The van der Waals surface area contributed by atoms with Gasteiger partial charge >= 0.3 is 0 Å². The van der Waals surface area contributed by atoms with Gasteiger partial charge in [0.05, 0.1) is 78.4 Å². The van der Waals surface area contributed by atoms with E-state index in [1.165, 1.54) is 0 Å². The number of carbonyl (C=O) groups excluding carboxylic acids is 3. The quantitative estimate of drug-likeness (QED) is 0.0883. The molecule has 2 aliphatic heterocycles. The van der Waals surface area contributed by atoms with Crippen molar-refractivity contribution in [2.45, 2.75) is 52.0 Å². The van der Waals surface area contributed by atoms with Gasteiger partial charge in [-0.05, 0) is 50.8 Å². The number of amides is 3. The number of ether oxygens (including phenoxy) is 5. The van der Waals surface area contributed by atoms with Crippen LogP contribution < -0.4 is 15.5 Å². The SMILES string of the molecule is C=C/C1=C(\C=C/C)CN(C(=O)CCCOCNCCOCCOCCOCCOCCC(=O)NCC(=O)N2CCCC2C)c2ccccc2C#C1.[HH].[HH]. The molecule has 2 aliphatic rings. The molecule has 1 unspecified atom stereocenters. The number of benzene rings is 1. The maximum Gasteiger partial charge on any atom is 0.242 e. The van der Waals surface area contributed by atoms with Gasteiger partial charge in [0.1, 0.15) is 0 Å². The molecular weight excluding hydrogens is 652 g/mol. The number of nitrogens with zero attached hydrogens (tertiary/aromatic N) is 2. The Morgan fingerprint density at radius 3 is 2.31 bits per heavy atom. The van der Waals surface area contributed by atoms with Crippen LogP contribution in [0, 0.1) is 11.8 Å².